The van der Waals surface area contributed by atoms with Crippen LogP contribution in [0.1, 0.15) is 45.7 Å². The molecule has 0 fully saturated rings. The minimum atomic E-state index is -1.05. The molecule has 0 aliphatic rings. The van der Waals surface area contributed by atoms with Gasteiger partial charge in [0.25, 0.3) is 0 Å². The molecule has 2 unspecified atom stereocenters. The highest BCUT2D eigenvalue weighted by molar-refractivity contribution is 9.10. The SMILES string of the molecule is CC(NC(=O)CC(C)(C(=O)O)C(C)C)c1cccc(Br)c1. The molecule has 1 rings (SSSR count). The molecule has 0 radical (unpaired) electrons. The van der Waals surface area contributed by atoms with Gasteiger partial charge in [0.05, 0.1) is 11.5 Å². The smallest absolute Gasteiger partial charge is 0.310 e. The lowest BCUT2D eigenvalue weighted by Crippen LogP contribution is -2.39. The monoisotopic (exact) mass is 355 g/mol. The Labute approximate surface area is 134 Å². The van der Waals surface area contributed by atoms with Gasteiger partial charge < -0.3 is 10.4 Å². The Bertz CT molecular complexity index is 530. The van der Waals surface area contributed by atoms with Crippen LogP contribution in [0.15, 0.2) is 28.7 Å². The van der Waals surface area contributed by atoms with Crippen LogP contribution >= 0.6 is 15.9 Å². The van der Waals surface area contributed by atoms with Crippen molar-refractivity contribution in [3.8, 4) is 0 Å². The fourth-order valence-corrected chi connectivity index (χ4v) is 2.43. The van der Waals surface area contributed by atoms with Crippen LogP contribution < -0.4 is 5.32 Å². The molecule has 1 amide bonds. The molecule has 4 nitrogen and oxygen atoms in total. The summed E-state index contributed by atoms with van der Waals surface area (Å²) in [4.78, 5) is 23.6. The summed E-state index contributed by atoms with van der Waals surface area (Å²) in [5.74, 6) is -1.31. The second-order valence-electron chi connectivity index (χ2n) is 5.90. The van der Waals surface area contributed by atoms with Gasteiger partial charge >= 0.3 is 5.97 Å². The molecular weight excluding hydrogens is 334 g/mol. The quantitative estimate of drug-likeness (QED) is 0.816. The Morgan fingerprint density at radius 2 is 1.95 bits per heavy atom. The first-order chi connectivity index (χ1) is 9.66. The standard InChI is InChI=1S/C16H22BrNO3/c1-10(2)16(4,15(20)21)9-14(19)18-11(3)12-6-5-7-13(17)8-12/h5-8,10-11H,9H2,1-4H3,(H,18,19)(H,20,21). The van der Waals surface area contributed by atoms with Crippen molar-refractivity contribution in [2.24, 2.45) is 11.3 Å². The summed E-state index contributed by atoms with van der Waals surface area (Å²) in [6.07, 6.45) is -0.0294. The number of nitrogens with one attached hydrogen (secondary N) is 1. The van der Waals surface area contributed by atoms with Crippen molar-refractivity contribution in [3.63, 3.8) is 0 Å². The third-order valence-electron chi connectivity index (χ3n) is 4.02. The van der Waals surface area contributed by atoms with Crippen LogP contribution in [0.3, 0.4) is 0 Å². The highest BCUT2D eigenvalue weighted by Crippen LogP contribution is 2.31. The molecule has 0 bridgehead atoms. The molecule has 116 valence electrons. The van der Waals surface area contributed by atoms with Gasteiger partial charge in [-0.05, 0) is 37.5 Å². The van der Waals surface area contributed by atoms with Crippen molar-refractivity contribution in [2.75, 3.05) is 0 Å². The maximum atomic E-state index is 12.2. The third kappa shape index (κ3) is 4.56. The number of benzene rings is 1. The zero-order chi connectivity index (χ0) is 16.2. The number of hydrogen-bond acceptors (Lipinski definition) is 2. The predicted molar refractivity (Wildman–Crippen MR) is 85.9 cm³/mol. The van der Waals surface area contributed by atoms with E-state index >= 15 is 0 Å². The van der Waals surface area contributed by atoms with Gasteiger partial charge in [-0.1, -0.05) is 41.9 Å². The van der Waals surface area contributed by atoms with E-state index in [1.165, 1.54) is 0 Å². The average Bonchev–Trinajstić information content (AvgIpc) is 2.37. The summed E-state index contributed by atoms with van der Waals surface area (Å²) >= 11 is 3.39. The lowest BCUT2D eigenvalue weighted by atomic mass is 9.76. The number of carbonyl (C=O) groups is 2. The number of aliphatic carboxylic acids is 1. The van der Waals surface area contributed by atoms with Crippen molar-refractivity contribution in [1.82, 2.24) is 5.32 Å². The summed E-state index contributed by atoms with van der Waals surface area (Å²) in [7, 11) is 0. The van der Waals surface area contributed by atoms with Gasteiger partial charge in [-0.15, -0.1) is 0 Å². The Morgan fingerprint density at radius 3 is 2.43 bits per heavy atom. The number of halogens is 1. The molecule has 0 aromatic heterocycles. The number of amides is 1. The first kappa shape index (κ1) is 17.7. The van der Waals surface area contributed by atoms with Crippen molar-refractivity contribution in [3.05, 3.63) is 34.3 Å². The van der Waals surface area contributed by atoms with E-state index in [-0.39, 0.29) is 24.3 Å². The van der Waals surface area contributed by atoms with Gasteiger partial charge in [0, 0.05) is 10.9 Å². The van der Waals surface area contributed by atoms with E-state index in [4.69, 9.17) is 0 Å². The third-order valence-corrected chi connectivity index (χ3v) is 4.51. The minimum Gasteiger partial charge on any atom is -0.481 e. The highest BCUT2D eigenvalue weighted by atomic mass is 79.9. The first-order valence-corrected chi connectivity index (χ1v) is 7.74. The van der Waals surface area contributed by atoms with E-state index in [9.17, 15) is 14.7 Å². The molecule has 0 spiro atoms. The van der Waals surface area contributed by atoms with Gasteiger partial charge in [-0.3, -0.25) is 9.59 Å². The largest absolute Gasteiger partial charge is 0.481 e. The number of carboxylic acid groups (broad SMARTS) is 1. The maximum Gasteiger partial charge on any atom is 0.310 e. The van der Waals surface area contributed by atoms with Gasteiger partial charge in [0.2, 0.25) is 5.91 Å². The normalized spacial score (nSPS) is 15.3. The zero-order valence-electron chi connectivity index (χ0n) is 12.8. The lowest BCUT2D eigenvalue weighted by molar-refractivity contribution is -0.153. The molecule has 21 heavy (non-hydrogen) atoms. The molecule has 0 aliphatic heterocycles. The number of carboxylic acids is 1. The van der Waals surface area contributed by atoms with E-state index in [0.29, 0.717) is 0 Å². The van der Waals surface area contributed by atoms with Gasteiger partial charge in [-0.2, -0.15) is 0 Å². The van der Waals surface area contributed by atoms with E-state index in [0.717, 1.165) is 10.0 Å². The second-order valence-corrected chi connectivity index (χ2v) is 6.81. The minimum absolute atomic E-state index is 0.0294. The average molecular weight is 356 g/mol. The number of rotatable bonds is 6. The number of hydrogen-bond donors (Lipinski definition) is 2. The first-order valence-electron chi connectivity index (χ1n) is 6.95. The predicted octanol–water partition coefficient (Wildman–Crippen LogP) is 3.76. The lowest BCUT2D eigenvalue weighted by Gasteiger charge is -2.29. The Hall–Kier alpha value is -1.36. The van der Waals surface area contributed by atoms with Crippen LogP contribution in [0.25, 0.3) is 0 Å². The van der Waals surface area contributed by atoms with Gasteiger partial charge in [0.1, 0.15) is 0 Å². The zero-order valence-corrected chi connectivity index (χ0v) is 14.4. The molecule has 5 heteroatoms. The molecule has 0 saturated heterocycles. The molecule has 2 atom stereocenters. The van der Waals surface area contributed by atoms with Crippen LogP contribution in [0, 0.1) is 11.3 Å². The summed E-state index contributed by atoms with van der Waals surface area (Å²) in [5, 5.41) is 12.2. The van der Waals surface area contributed by atoms with Crippen molar-refractivity contribution >= 4 is 27.8 Å². The molecular formula is C16H22BrNO3. The fraction of sp³-hybridized carbons (Fsp3) is 0.500. The molecule has 1 aromatic carbocycles. The summed E-state index contributed by atoms with van der Waals surface area (Å²) in [6.45, 7) is 7.13. The van der Waals surface area contributed by atoms with Gasteiger partial charge in [-0.25, -0.2) is 0 Å². The summed E-state index contributed by atoms with van der Waals surface area (Å²) in [5.41, 5.74) is -0.0829. The van der Waals surface area contributed by atoms with Gasteiger partial charge in [0.15, 0.2) is 0 Å². The molecule has 0 saturated carbocycles. The summed E-state index contributed by atoms with van der Waals surface area (Å²) in [6, 6.07) is 7.51. The topological polar surface area (TPSA) is 66.4 Å². The molecule has 0 aliphatic carbocycles. The van der Waals surface area contributed by atoms with Crippen LogP contribution in [-0.4, -0.2) is 17.0 Å². The van der Waals surface area contributed by atoms with E-state index in [1.807, 2.05) is 45.0 Å². The van der Waals surface area contributed by atoms with Crippen LogP contribution in [-0.2, 0) is 9.59 Å². The number of carbonyl (C=O) groups excluding carboxylic acids is 1. The molecule has 2 N–H and O–H groups in total. The van der Waals surface area contributed by atoms with Crippen LogP contribution in [0.4, 0.5) is 0 Å². The Balaban J connectivity index is 2.75. The summed E-state index contributed by atoms with van der Waals surface area (Å²) < 4.78 is 0.943. The Morgan fingerprint density at radius 1 is 1.33 bits per heavy atom. The van der Waals surface area contributed by atoms with E-state index < -0.39 is 11.4 Å². The van der Waals surface area contributed by atoms with Crippen molar-refractivity contribution < 1.29 is 14.7 Å². The van der Waals surface area contributed by atoms with Crippen molar-refractivity contribution in [2.45, 2.75) is 40.2 Å². The maximum absolute atomic E-state index is 12.2. The highest BCUT2D eigenvalue weighted by Gasteiger charge is 2.38. The van der Waals surface area contributed by atoms with Crippen molar-refractivity contribution in [1.29, 1.82) is 0 Å². The second kappa shape index (κ2) is 7.07. The van der Waals surface area contributed by atoms with Crippen LogP contribution in [0.2, 0.25) is 0 Å². The van der Waals surface area contributed by atoms with E-state index in [2.05, 4.69) is 21.2 Å². The Kier molecular flexibility index (Phi) is 5.96. The fourth-order valence-electron chi connectivity index (χ4n) is 2.01. The van der Waals surface area contributed by atoms with E-state index in [1.54, 1.807) is 6.92 Å². The molecule has 1 aromatic rings. The molecule has 0 heterocycles. The van der Waals surface area contributed by atoms with Crippen LogP contribution in [0.5, 0.6) is 0 Å².